The number of carbonyl (C=O) groups excluding carboxylic acids is 1. The minimum Gasteiger partial charge on any atom is -0.399 e. The Morgan fingerprint density at radius 2 is 1.76 bits per heavy atom. The van der Waals surface area contributed by atoms with Gasteiger partial charge in [0.05, 0.1) is 18.9 Å². The number of allylic oxidation sites excluding steroid dienone is 3. The second-order valence-electron chi connectivity index (χ2n) is 8.09. The Hall–Kier alpha value is -3.58. The number of nitrogens with two attached hydrogens (primary N) is 1. The molecule has 0 unspecified atom stereocenters. The van der Waals surface area contributed by atoms with Crippen LogP contribution in [0.15, 0.2) is 83.2 Å². The molecule has 2 aromatic rings. The van der Waals surface area contributed by atoms with Crippen LogP contribution >= 0.6 is 0 Å². The van der Waals surface area contributed by atoms with Gasteiger partial charge in [-0.1, -0.05) is 23.8 Å². The molecule has 7 heteroatoms. The van der Waals surface area contributed by atoms with Crippen molar-refractivity contribution in [3.05, 3.63) is 89.0 Å². The molecule has 0 aromatic heterocycles. The molecule has 3 rings (SSSR count). The first kappa shape index (κ1) is 24.1. The lowest BCUT2D eigenvalue weighted by atomic mass is 10.1. The predicted molar refractivity (Wildman–Crippen MR) is 133 cm³/mol. The number of morpholine rings is 1. The third-order valence-electron chi connectivity index (χ3n) is 5.16. The SMILES string of the molecule is CC(C)=C(/C=C(N)\C=C(/C)Nc1ccccc1F)C(=O)Nc1cccc(N2CCOCC2)c1. The number of anilines is 3. The first-order chi connectivity index (χ1) is 15.8. The molecule has 1 aliphatic heterocycles. The van der Waals surface area contributed by atoms with E-state index >= 15 is 0 Å². The van der Waals surface area contributed by atoms with Crippen LogP contribution < -0.4 is 21.3 Å². The Morgan fingerprint density at radius 1 is 1.03 bits per heavy atom. The van der Waals surface area contributed by atoms with Crippen molar-refractivity contribution < 1.29 is 13.9 Å². The van der Waals surface area contributed by atoms with Crippen LogP contribution in [0.25, 0.3) is 0 Å². The number of carbonyl (C=O) groups is 1. The standard InChI is InChI=1S/C26H31FN4O2/c1-18(2)23(16-20(28)15-19(3)29-25-10-5-4-9-24(25)27)26(32)30-21-7-6-8-22(17-21)31-11-13-33-14-12-31/h4-10,15-17,29H,11-14,28H2,1-3H3,(H,30,32)/b19-15+,20-16+. The maximum Gasteiger partial charge on any atom is 0.255 e. The molecule has 0 spiro atoms. The third-order valence-corrected chi connectivity index (χ3v) is 5.16. The molecule has 33 heavy (non-hydrogen) atoms. The van der Waals surface area contributed by atoms with Crippen molar-refractivity contribution in [2.45, 2.75) is 20.8 Å². The van der Waals surface area contributed by atoms with Crippen LogP contribution in [0, 0.1) is 5.82 Å². The third kappa shape index (κ3) is 6.95. The van der Waals surface area contributed by atoms with E-state index < -0.39 is 0 Å². The van der Waals surface area contributed by atoms with E-state index in [0.29, 0.717) is 41.6 Å². The van der Waals surface area contributed by atoms with Crippen LogP contribution in [0.3, 0.4) is 0 Å². The van der Waals surface area contributed by atoms with Gasteiger partial charge in [0.2, 0.25) is 0 Å². The Labute approximate surface area is 194 Å². The number of hydrogen-bond donors (Lipinski definition) is 3. The van der Waals surface area contributed by atoms with Crippen molar-refractivity contribution >= 4 is 23.0 Å². The van der Waals surface area contributed by atoms with Crippen molar-refractivity contribution in [2.24, 2.45) is 5.73 Å². The molecule has 0 radical (unpaired) electrons. The number of hydrogen-bond acceptors (Lipinski definition) is 5. The van der Waals surface area contributed by atoms with Gasteiger partial charge in [0.1, 0.15) is 5.82 Å². The second kappa shape index (κ2) is 11.3. The number of halogens is 1. The largest absolute Gasteiger partial charge is 0.399 e. The highest BCUT2D eigenvalue weighted by atomic mass is 19.1. The molecule has 174 valence electrons. The van der Waals surface area contributed by atoms with Gasteiger partial charge in [-0.05, 0) is 63.3 Å². The van der Waals surface area contributed by atoms with Gasteiger partial charge in [0.25, 0.3) is 5.91 Å². The maximum atomic E-state index is 13.9. The van der Waals surface area contributed by atoms with Gasteiger partial charge in [0.15, 0.2) is 0 Å². The number of nitrogens with one attached hydrogen (secondary N) is 2. The summed E-state index contributed by atoms with van der Waals surface area (Å²) in [6, 6.07) is 14.2. The van der Waals surface area contributed by atoms with E-state index in [1.165, 1.54) is 6.07 Å². The van der Waals surface area contributed by atoms with Gasteiger partial charge in [-0.2, -0.15) is 0 Å². The summed E-state index contributed by atoms with van der Waals surface area (Å²) in [5.41, 5.74) is 10.6. The quantitative estimate of drug-likeness (QED) is 0.417. The van der Waals surface area contributed by atoms with Crippen molar-refractivity contribution in [1.29, 1.82) is 0 Å². The number of rotatable bonds is 7. The molecule has 0 bridgehead atoms. The summed E-state index contributed by atoms with van der Waals surface area (Å²) in [6.45, 7) is 8.54. The van der Waals surface area contributed by atoms with Crippen molar-refractivity contribution in [1.82, 2.24) is 0 Å². The van der Waals surface area contributed by atoms with Crippen LogP contribution in [0.4, 0.5) is 21.5 Å². The van der Waals surface area contributed by atoms with E-state index in [4.69, 9.17) is 10.5 Å². The average molecular weight is 451 g/mol. The molecular formula is C26H31FN4O2. The summed E-state index contributed by atoms with van der Waals surface area (Å²) in [7, 11) is 0. The molecule has 0 atom stereocenters. The van der Waals surface area contributed by atoms with E-state index in [9.17, 15) is 9.18 Å². The van der Waals surface area contributed by atoms with Crippen molar-refractivity contribution in [3.8, 4) is 0 Å². The number of nitrogens with zero attached hydrogens (tertiary/aromatic N) is 1. The molecule has 1 amide bonds. The van der Waals surface area contributed by atoms with Gasteiger partial charge in [-0.25, -0.2) is 4.39 Å². The Balaban J connectivity index is 1.72. The average Bonchev–Trinajstić information content (AvgIpc) is 2.79. The number of benzene rings is 2. The zero-order valence-electron chi connectivity index (χ0n) is 19.3. The summed E-state index contributed by atoms with van der Waals surface area (Å²) < 4.78 is 19.3. The maximum absolute atomic E-state index is 13.9. The fraction of sp³-hybridized carbons (Fsp3) is 0.269. The molecule has 1 saturated heterocycles. The van der Waals surface area contributed by atoms with Gasteiger partial charge in [-0.3, -0.25) is 4.79 Å². The lowest BCUT2D eigenvalue weighted by Gasteiger charge is -2.29. The smallest absolute Gasteiger partial charge is 0.255 e. The van der Waals surface area contributed by atoms with Gasteiger partial charge >= 0.3 is 0 Å². The minimum absolute atomic E-state index is 0.245. The first-order valence-electron chi connectivity index (χ1n) is 10.9. The van der Waals surface area contributed by atoms with Crippen LogP contribution in [0.1, 0.15) is 20.8 Å². The summed E-state index contributed by atoms with van der Waals surface area (Å²) in [6.07, 6.45) is 3.30. The molecule has 0 aliphatic carbocycles. The molecular weight excluding hydrogens is 419 g/mol. The Morgan fingerprint density at radius 3 is 2.45 bits per heavy atom. The van der Waals surface area contributed by atoms with Crippen LogP contribution in [0.5, 0.6) is 0 Å². The highest BCUT2D eigenvalue weighted by molar-refractivity contribution is 6.06. The number of ether oxygens (including phenoxy) is 1. The van der Waals surface area contributed by atoms with Crippen molar-refractivity contribution in [2.75, 3.05) is 41.8 Å². The van der Waals surface area contributed by atoms with Crippen LogP contribution in [0.2, 0.25) is 0 Å². The topological polar surface area (TPSA) is 79.6 Å². The Bertz CT molecular complexity index is 1080. The fourth-order valence-corrected chi connectivity index (χ4v) is 3.51. The molecule has 1 fully saturated rings. The monoisotopic (exact) mass is 450 g/mol. The van der Waals surface area contributed by atoms with E-state index in [-0.39, 0.29) is 11.7 Å². The normalized spacial score (nSPS) is 14.6. The van der Waals surface area contributed by atoms with Gasteiger partial charge in [-0.15, -0.1) is 0 Å². The summed E-state index contributed by atoms with van der Waals surface area (Å²) in [5.74, 6) is -0.596. The molecule has 1 heterocycles. The van der Waals surface area contributed by atoms with E-state index in [2.05, 4.69) is 15.5 Å². The molecule has 4 N–H and O–H groups in total. The van der Waals surface area contributed by atoms with E-state index in [1.807, 2.05) is 38.1 Å². The molecule has 6 nitrogen and oxygen atoms in total. The lowest BCUT2D eigenvalue weighted by Crippen LogP contribution is -2.36. The zero-order valence-corrected chi connectivity index (χ0v) is 19.3. The van der Waals surface area contributed by atoms with Gasteiger partial charge < -0.3 is 26.0 Å². The van der Waals surface area contributed by atoms with E-state index in [0.717, 1.165) is 24.4 Å². The Kier molecular flexibility index (Phi) is 8.27. The number of amides is 1. The predicted octanol–water partition coefficient (Wildman–Crippen LogP) is 4.80. The minimum atomic E-state index is -0.350. The van der Waals surface area contributed by atoms with Gasteiger partial charge in [0, 0.05) is 41.4 Å². The van der Waals surface area contributed by atoms with Crippen molar-refractivity contribution in [3.63, 3.8) is 0 Å². The molecule has 0 saturated carbocycles. The zero-order chi connectivity index (χ0) is 23.8. The van der Waals surface area contributed by atoms with E-state index in [1.54, 1.807) is 37.3 Å². The fourth-order valence-electron chi connectivity index (χ4n) is 3.51. The highest BCUT2D eigenvalue weighted by Crippen LogP contribution is 2.22. The second-order valence-corrected chi connectivity index (χ2v) is 8.09. The first-order valence-corrected chi connectivity index (χ1v) is 10.9. The summed E-state index contributed by atoms with van der Waals surface area (Å²) in [5, 5.41) is 5.95. The van der Waals surface area contributed by atoms with Crippen LogP contribution in [-0.4, -0.2) is 32.2 Å². The lowest BCUT2D eigenvalue weighted by molar-refractivity contribution is -0.112. The van der Waals surface area contributed by atoms with Crippen LogP contribution in [-0.2, 0) is 9.53 Å². The number of para-hydroxylation sites is 1. The highest BCUT2D eigenvalue weighted by Gasteiger charge is 2.14. The summed E-state index contributed by atoms with van der Waals surface area (Å²) in [4.78, 5) is 15.2. The molecule has 1 aliphatic rings. The summed E-state index contributed by atoms with van der Waals surface area (Å²) >= 11 is 0. The molecule has 2 aromatic carbocycles.